The Hall–Kier alpha value is -2.47. The molecule has 0 aromatic heterocycles. The molecule has 0 fully saturated rings. The zero-order chi connectivity index (χ0) is 19.6. The predicted octanol–water partition coefficient (Wildman–Crippen LogP) is 4.51. The third-order valence-corrected chi connectivity index (χ3v) is 3.94. The Bertz CT molecular complexity index is 843. The van der Waals surface area contributed by atoms with Crippen molar-refractivity contribution in [2.24, 2.45) is 0 Å². The first-order valence-corrected chi connectivity index (χ1v) is 8.26. The van der Waals surface area contributed by atoms with Crippen LogP contribution in [0.3, 0.4) is 0 Å². The van der Waals surface area contributed by atoms with Crippen LogP contribution in [-0.4, -0.2) is 22.4 Å². The first-order chi connectivity index (χ1) is 12.0. The standard InChI is InChI=1S/C19H19ClF2N2O2/c1-11-8-9-12(20)10-13(11)18(26)24(19(2,3)4)23-17(25)16-14(21)6-5-7-15(16)22/h5-10H,1-4H3,(H,23,25). The summed E-state index contributed by atoms with van der Waals surface area (Å²) in [6.07, 6.45) is 0. The number of nitrogens with zero attached hydrogens (tertiary/aromatic N) is 1. The number of nitrogens with one attached hydrogen (secondary N) is 1. The van der Waals surface area contributed by atoms with Gasteiger partial charge in [0.15, 0.2) is 0 Å². The largest absolute Gasteiger partial charge is 0.275 e. The van der Waals surface area contributed by atoms with Crippen molar-refractivity contribution >= 4 is 23.4 Å². The molecule has 2 rings (SSSR count). The van der Waals surface area contributed by atoms with E-state index < -0.39 is 34.6 Å². The molecule has 7 heteroatoms. The minimum atomic E-state index is -1.05. The summed E-state index contributed by atoms with van der Waals surface area (Å²) in [5.41, 5.74) is 1.64. The van der Waals surface area contributed by atoms with Crippen LogP contribution in [0.2, 0.25) is 5.02 Å². The summed E-state index contributed by atoms with van der Waals surface area (Å²) >= 11 is 5.97. The number of benzene rings is 2. The summed E-state index contributed by atoms with van der Waals surface area (Å²) in [5.74, 6) is -3.61. The van der Waals surface area contributed by atoms with Crippen molar-refractivity contribution in [2.45, 2.75) is 33.2 Å². The second kappa shape index (κ2) is 7.41. The monoisotopic (exact) mass is 380 g/mol. The van der Waals surface area contributed by atoms with Crippen LogP contribution in [0.4, 0.5) is 8.78 Å². The van der Waals surface area contributed by atoms with E-state index in [4.69, 9.17) is 11.6 Å². The lowest BCUT2D eigenvalue weighted by atomic mass is 10.0. The molecule has 26 heavy (non-hydrogen) atoms. The summed E-state index contributed by atoms with van der Waals surface area (Å²) < 4.78 is 27.7. The van der Waals surface area contributed by atoms with Gasteiger partial charge >= 0.3 is 0 Å². The van der Waals surface area contributed by atoms with Gasteiger partial charge in [-0.3, -0.25) is 15.0 Å². The second-order valence-electron chi connectivity index (χ2n) is 6.81. The summed E-state index contributed by atoms with van der Waals surface area (Å²) in [7, 11) is 0. The Balaban J connectivity index is 2.41. The van der Waals surface area contributed by atoms with Crippen LogP contribution in [-0.2, 0) is 0 Å². The number of hydrazine groups is 1. The molecule has 0 saturated carbocycles. The molecule has 1 N–H and O–H groups in total. The van der Waals surface area contributed by atoms with Crippen LogP contribution in [0.25, 0.3) is 0 Å². The number of carbonyl (C=O) groups excluding carboxylic acids is 2. The number of amides is 2. The molecular weight excluding hydrogens is 362 g/mol. The van der Waals surface area contributed by atoms with Gasteiger partial charge in [-0.25, -0.2) is 13.8 Å². The molecule has 4 nitrogen and oxygen atoms in total. The normalized spacial score (nSPS) is 11.2. The number of aryl methyl sites for hydroxylation is 1. The van der Waals surface area contributed by atoms with Crippen LogP contribution in [0.1, 0.15) is 47.1 Å². The molecule has 0 spiro atoms. The van der Waals surface area contributed by atoms with Gasteiger partial charge in [0.05, 0.1) is 5.54 Å². The van der Waals surface area contributed by atoms with E-state index in [9.17, 15) is 18.4 Å². The van der Waals surface area contributed by atoms with E-state index in [2.05, 4.69) is 5.43 Å². The molecule has 0 aliphatic heterocycles. The summed E-state index contributed by atoms with van der Waals surface area (Å²) in [6, 6.07) is 7.90. The molecule has 0 aliphatic rings. The van der Waals surface area contributed by atoms with Gasteiger partial charge in [-0.15, -0.1) is 0 Å². The number of hydrogen-bond acceptors (Lipinski definition) is 2. The topological polar surface area (TPSA) is 49.4 Å². The number of halogens is 3. The number of carbonyl (C=O) groups is 2. The highest BCUT2D eigenvalue weighted by atomic mass is 35.5. The van der Waals surface area contributed by atoms with Crippen molar-refractivity contribution in [3.63, 3.8) is 0 Å². The van der Waals surface area contributed by atoms with Crippen LogP contribution in [0.15, 0.2) is 36.4 Å². The molecule has 0 atom stereocenters. The highest BCUT2D eigenvalue weighted by molar-refractivity contribution is 6.31. The minimum Gasteiger partial charge on any atom is -0.267 e. The van der Waals surface area contributed by atoms with Crippen molar-refractivity contribution in [1.82, 2.24) is 10.4 Å². The molecule has 2 amide bonds. The minimum absolute atomic E-state index is 0.279. The van der Waals surface area contributed by atoms with E-state index in [-0.39, 0.29) is 5.56 Å². The molecule has 0 radical (unpaired) electrons. The Morgan fingerprint density at radius 3 is 2.19 bits per heavy atom. The molecule has 0 aliphatic carbocycles. The smallest absolute Gasteiger partial charge is 0.267 e. The third kappa shape index (κ3) is 4.19. The lowest BCUT2D eigenvalue weighted by Gasteiger charge is -2.36. The van der Waals surface area contributed by atoms with Gasteiger partial charge in [-0.1, -0.05) is 23.7 Å². The van der Waals surface area contributed by atoms with Crippen LogP contribution in [0.5, 0.6) is 0 Å². The first-order valence-electron chi connectivity index (χ1n) is 7.88. The zero-order valence-electron chi connectivity index (χ0n) is 14.9. The Labute approximate surface area is 155 Å². The highest BCUT2D eigenvalue weighted by Crippen LogP contribution is 2.21. The van der Waals surface area contributed by atoms with Gasteiger partial charge < -0.3 is 0 Å². The molecule has 0 unspecified atom stereocenters. The van der Waals surface area contributed by atoms with E-state index in [1.54, 1.807) is 39.8 Å². The lowest BCUT2D eigenvalue weighted by Crippen LogP contribution is -2.56. The fourth-order valence-electron chi connectivity index (χ4n) is 2.34. The van der Waals surface area contributed by atoms with E-state index in [1.165, 1.54) is 6.07 Å². The molecule has 138 valence electrons. The molecule has 2 aromatic rings. The van der Waals surface area contributed by atoms with E-state index in [0.29, 0.717) is 10.6 Å². The molecule has 0 bridgehead atoms. The van der Waals surface area contributed by atoms with Gasteiger partial charge in [0.2, 0.25) is 0 Å². The van der Waals surface area contributed by atoms with Gasteiger partial charge in [0.25, 0.3) is 11.8 Å². The summed E-state index contributed by atoms with van der Waals surface area (Å²) in [6.45, 7) is 6.77. The molecule has 2 aromatic carbocycles. The fourth-order valence-corrected chi connectivity index (χ4v) is 2.51. The van der Waals surface area contributed by atoms with Crippen LogP contribution >= 0.6 is 11.6 Å². The van der Waals surface area contributed by atoms with E-state index >= 15 is 0 Å². The van der Waals surface area contributed by atoms with Gasteiger partial charge in [-0.05, 0) is 57.5 Å². The summed E-state index contributed by atoms with van der Waals surface area (Å²) in [5, 5.41) is 1.40. The van der Waals surface area contributed by atoms with Crippen molar-refractivity contribution in [3.05, 3.63) is 69.7 Å². The Morgan fingerprint density at radius 1 is 1.08 bits per heavy atom. The predicted molar refractivity (Wildman–Crippen MR) is 95.9 cm³/mol. The first kappa shape index (κ1) is 19.8. The van der Waals surface area contributed by atoms with Crippen molar-refractivity contribution in [3.8, 4) is 0 Å². The molecular formula is C19H19ClF2N2O2. The maximum atomic E-state index is 13.9. The van der Waals surface area contributed by atoms with Crippen molar-refractivity contribution < 1.29 is 18.4 Å². The zero-order valence-corrected chi connectivity index (χ0v) is 15.6. The maximum Gasteiger partial charge on any atom is 0.275 e. The second-order valence-corrected chi connectivity index (χ2v) is 7.24. The molecule has 0 saturated heterocycles. The van der Waals surface area contributed by atoms with Crippen molar-refractivity contribution in [1.29, 1.82) is 0 Å². The van der Waals surface area contributed by atoms with Crippen molar-refractivity contribution in [2.75, 3.05) is 0 Å². The Kier molecular flexibility index (Phi) is 5.66. The van der Waals surface area contributed by atoms with Gasteiger partial charge in [0.1, 0.15) is 17.2 Å². The average Bonchev–Trinajstić information content (AvgIpc) is 2.53. The van der Waals surface area contributed by atoms with E-state index in [0.717, 1.165) is 23.2 Å². The maximum absolute atomic E-state index is 13.9. The third-order valence-electron chi connectivity index (χ3n) is 3.71. The van der Waals surface area contributed by atoms with Crippen LogP contribution in [0, 0.1) is 18.6 Å². The van der Waals surface area contributed by atoms with Crippen LogP contribution < -0.4 is 5.43 Å². The van der Waals surface area contributed by atoms with Gasteiger partial charge in [0, 0.05) is 10.6 Å². The quantitative estimate of drug-likeness (QED) is 0.779. The van der Waals surface area contributed by atoms with E-state index in [1.807, 2.05) is 0 Å². The number of rotatable bonds is 2. The average molecular weight is 381 g/mol. The van der Waals surface area contributed by atoms with Gasteiger partial charge in [-0.2, -0.15) is 0 Å². The lowest BCUT2D eigenvalue weighted by molar-refractivity contribution is 0.0354. The Morgan fingerprint density at radius 2 is 1.65 bits per heavy atom. The summed E-state index contributed by atoms with van der Waals surface area (Å²) in [4.78, 5) is 25.4. The fraction of sp³-hybridized carbons (Fsp3) is 0.263. The number of hydrogen-bond donors (Lipinski definition) is 1. The SMILES string of the molecule is Cc1ccc(Cl)cc1C(=O)N(NC(=O)c1c(F)cccc1F)C(C)(C)C. The highest BCUT2D eigenvalue weighted by Gasteiger charge is 2.31. The molecule has 0 heterocycles.